The van der Waals surface area contributed by atoms with Crippen LogP contribution in [0.2, 0.25) is 10.0 Å². The zero-order chi connectivity index (χ0) is 25.1. The van der Waals surface area contributed by atoms with Crippen LogP contribution >= 0.6 is 35.8 Å². The van der Waals surface area contributed by atoms with Crippen LogP contribution < -0.4 is 16.0 Å². The van der Waals surface area contributed by atoms with Crippen molar-refractivity contribution < 1.29 is 9.59 Å². The number of anilines is 2. The highest BCUT2D eigenvalue weighted by atomic mass is 35.5. The fourth-order valence-electron chi connectivity index (χ4n) is 3.85. The molecule has 0 saturated carbocycles. The van der Waals surface area contributed by atoms with Crippen molar-refractivity contribution >= 4 is 64.6 Å². The van der Waals surface area contributed by atoms with Gasteiger partial charge in [0.2, 0.25) is 0 Å². The lowest BCUT2D eigenvalue weighted by molar-refractivity contribution is -0.121. The molecule has 0 bridgehead atoms. The molecule has 1 heterocycles. The van der Waals surface area contributed by atoms with Gasteiger partial charge in [-0.25, -0.2) is 0 Å². The number of benzene rings is 3. The number of hydrogen-bond acceptors (Lipinski definition) is 6. The van der Waals surface area contributed by atoms with Gasteiger partial charge in [-0.3, -0.25) is 24.8 Å². The summed E-state index contributed by atoms with van der Waals surface area (Å²) >= 11 is 16.8. The summed E-state index contributed by atoms with van der Waals surface area (Å²) in [6.07, 6.45) is -1.06. The van der Waals surface area contributed by atoms with Gasteiger partial charge in [-0.2, -0.15) is 12.6 Å². The van der Waals surface area contributed by atoms with Crippen molar-refractivity contribution in [3.63, 3.8) is 0 Å². The van der Waals surface area contributed by atoms with Crippen molar-refractivity contribution in [1.29, 1.82) is 0 Å². The normalized spacial score (nSPS) is 16.4. The lowest BCUT2D eigenvalue weighted by atomic mass is 9.99. The van der Waals surface area contributed by atoms with Crippen molar-refractivity contribution in [2.45, 2.75) is 19.1 Å². The number of aliphatic imine (C=N–C) groups is 1. The van der Waals surface area contributed by atoms with Crippen molar-refractivity contribution in [2.24, 2.45) is 10.7 Å². The second kappa shape index (κ2) is 10.9. The van der Waals surface area contributed by atoms with Gasteiger partial charge in [0.1, 0.15) is 0 Å². The SMILES string of the molecule is Cc1ccc(Cl)cc1N1C(=O)C(NCC(=O)C(N)CS)N=C(c2ccccc2)c2cc(Cl)ccc21. The van der Waals surface area contributed by atoms with Gasteiger partial charge in [-0.15, -0.1) is 0 Å². The Kier molecular flexibility index (Phi) is 7.94. The Morgan fingerprint density at radius 3 is 2.49 bits per heavy atom. The van der Waals surface area contributed by atoms with E-state index in [0.29, 0.717) is 32.7 Å². The van der Waals surface area contributed by atoms with E-state index in [0.717, 1.165) is 11.1 Å². The van der Waals surface area contributed by atoms with Gasteiger partial charge >= 0.3 is 0 Å². The molecular weight excluding hydrogens is 503 g/mol. The molecule has 1 aliphatic rings. The van der Waals surface area contributed by atoms with Gasteiger partial charge in [0.05, 0.1) is 29.7 Å². The monoisotopic (exact) mass is 526 g/mol. The third-order valence-electron chi connectivity index (χ3n) is 5.71. The molecule has 1 aliphatic heterocycles. The van der Waals surface area contributed by atoms with E-state index in [-0.39, 0.29) is 24.0 Å². The van der Waals surface area contributed by atoms with E-state index in [1.165, 1.54) is 0 Å². The average Bonchev–Trinajstić information content (AvgIpc) is 2.98. The number of amides is 1. The largest absolute Gasteiger partial charge is 0.321 e. The lowest BCUT2D eigenvalue weighted by Gasteiger charge is -2.27. The van der Waals surface area contributed by atoms with Crippen LogP contribution in [-0.2, 0) is 9.59 Å². The van der Waals surface area contributed by atoms with Crippen LogP contribution in [0.3, 0.4) is 0 Å². The van der Waals surface area contributed by atoms with Crippen LogP contribution in [0.25, 0.3) is 0 Å². The molecule has 3 aromatic rings. The summed E-state index contributed by atoms with van der Waals surface area (Å²) < 4.78 is 0. The van der Waals surface area contributed by atoms with Gasteiger partial charge < -0.3 is 5.73 Å². The second-order valence-corrected chi connectivity index (χ2v) is 9.39. The molecule has 3 aromatic carbocycles. The number of nitrogens with two attached hydrogens (primary N) is 1. The Morgan fingerprint density at radius 1 is 1.09 bits per heavy atom. The number of Topliss-reactive ketones (excluding diaryl/α,β-unsaturated/α-hetero) is 1. The van der Waals surface area contributed by atoms with Crippen LogP contribution in [0, 0.1) is 6.92 Å². The number of rotatable bonds is 7. The van der Waals surface area contributed by atoms with Crippen molar-refractivity contribution in [3.05, 3.63) is 93.5 Å². The highest BCUT2D eigenvalue weighted by Crippen LogP contribution is 2.37. The summed E-state index contributed by atoms with van der Waals surface area (Å²) in [4.78, 5) is 32.8. The van der Waals surface area contributed by atoms with Crippen LogP contribution in [0.15, 0.2) is 71.7 Å². The van der Waals surface area contributed by atoms with Gasteiger partial charge in [-0.1, -0.05) is 59.6 Å². The molecule has 0 saturated heterocycles. The topological polar surface area (TPSA) is 87.8 Å². The third kappa shape index (κ3) is 5.44. The molecule has 6 nitrogen and oxygen atoms in total. The number of benzodiazepines with no additional fused rings is 1. The second-order valence-electron chi connectivity index (χ2n) is 8.15. The van der Waals surface area contributed by atoms with Gasteiger partial charge in [0.25, 0.3) is 5.91 Å². The molecule has 180 valence electrons. The smallest absolute Gasteiger partial charge is 0.271 e. The first-order valence-corrected chi connectivity index (χ1v) is 12.3. The number of hydrogen-bond donors (Lipinski definition) is 3. The summed E-state index contributed by atoms with van der Waals surface area (Å²) in [7, 11) is 0. The minimum Gasteiger partial charge on any atom is -0.321 e. The maximum atomic E-state index is 14.0. The molecule has 0 aliphatic carbocycles. The lowest BCUT2D eigenvalue weighted by Crippen LogP contribution is -2.48. The fourth-order valence-corrected chi connectivity index (χ4v) is 4.39. The van der Waals surface area contributed by atoms with E-state index >= 15 is 0 Å². The number of halogens is 2. The van der Waals surface area contributed by atoms with Crippen molar-refractivity contribution in [3.8, 4) is 0 Å². The highest BCUT2D eigenvalue weighted by molar-refractivity contribution is 7.80. The first-order chi connectivity index (χ1) is 16.8. The van der Waals surface area contributed by atoms with E-state index < -0.39 is 12.2 Å². The molecule has 0 aromatic heterocycles. The van der Waals surface area contributed by atoms with Crippen molar-refractivity contribution in [1.82, 2.24) is 5.32 Å². The Hall–Kier alpha value is -2.68. The summed E-state index contributed by atoms with van der Waals surface area (Å²) in [6, 6.07) is 19.4. The fraction of sp³-hybridized carbons (Fsp3) is 0.192. The molecule has 4 rings (SSSR count). The molecular formula is C26H24Cl2N4O2S. The van der Waals surface area contributed by atoms with E-state index in [9.17, 15) is 9.59 Å². The molecule has 3 N–H and O–H groups in total. The minimum atomic E-state index is -1.06. The van der Waals surface area contributed by atoms with Gasteiger partial charge in [0.15, 0.2) is 11.9 Å². The highest BCUT2D eigenvalue weighted by Gasteiger charge is 2.34. The van der Waals surface area contributed by atoms with Gasteiger partial charge in [-0.05, 0) is 42.8 Å². The maximum absolute atomic E-state index is 14.0. The Bertz CT molecular complexity index is 1300. The van der Waals surface area contributed by atoms with Crippen LogP contribution in [-0.4, -0.2) is 41.9 Å². The molecule has 9 heteroatoms. The molecule has 0 fully saturated rings. The number of carbonyl (C=O) groups is 2. The van der Waals surface area contributed by atoms with E-state index in [1.54, 1.807) is 35.2 Å². The van der Waals surface area contributed by atoms with Crippen molar-refractivity contribution in [2.75, 3.05) is 17.2 Å². The zero-order valence-electron chi connectivity index (χ0n) is 18.9. The first kappa shape index (κ1) is 25.4. The number of fused-ring (bicyclic) bond motifs is 1. The summed E-state index contributed by atoms with van der Waals surface area (Å²) in [5, 5.41) is 3.99. The molecule has 0 spiro atoms. The molecule has 2 atom stereocenters. The molecule has 2 unspecified atom stereocenters. The molecule has 1 amide bonds. The maximum Gasteiger partial charge on any atom is 0.271 e. The summed E-state index contributed by atoms with van der Waals surface area (Å²) in [5.74, 6) is -0.424. The van der Waals surface area contributed by atoms with Crippen LogP contribution in [0.5, 0.6) is 0 Å². The Labute approximate surface area is 219 Å². The van der Waals surface area contributed by atoms with E-state index in [1.807, 2.05) is 43.3 Å². The van der Waals surface area contributed by atoms with Crippen LogP contribution in [0.4, 0.5) is 11.4 Å². The Balaban J connectivity index is 1.91. The predicted octanol–water partition coefficient (Wildman–Crippen LogP) is 4.56. The molecule has 35 heavy (non-hydrogen) atoms. The molecule has 0 radical (unpaired) electrons. The zero-order valence-corrected chi connectivity index (χ0v) is 21.3. The van der Waals surface area contributed by atoms with Gasteiger partial charge in [0, 0.05) is 26.9 Å². The first-order valence-electron chi connectivity index (χ1n) is 11.0. The summed E-state index contributed by atoms with van der Waals surface area (Å²) in [6.45, 7) is 1.76. The number of thiol groups is 1. The number of aryl methyl sites for hydroxylation is 1. The summed E-state index contributed by atoms with van der Waals surface area (Å²) in [5.41, 5.74) is 9.95. The average molecular weight is 527 g/mol. The number of carbonyl (C=O) groups excluding carboxylic acids is 2. The standard InChI is InChI=1S/C26H24Cl2N4O2S/c1-15-7-8-18(28)12-22(15)32-21-10-9-17(27)11-19(21)24(16-5-3-2-4-6-16)31-25(26(32)34)30-13-23(33)20(29)14-35/h2-12,20,25,30,35H,13-14,29H2,1H3. The minimum absolute atomic E-state index is 0.136. The number of nitrogens with one attached hydrogen (secondary N) is 1. The van der Waals surface area contributed by atoms with E-state index in [4.69, 9.17) is 33.9 Å². The predicted molar refractivity (Wildman–Crippen MR) is 145 cm³/mol. The van der Waals surface area contributed by atoms with E-state index in [2.05, 4.69) is 17.9 Å². The van der Waals surface area contributed by atoms with Crippen LogP contribution in [0.1, 0.15) is 16.7 Å². The Morgan fingerprint density at radius 2 is 1.77 bits per heavy atom. The number of nitrogens with zero attached hydrogens (tertiary/aromatic N) is 2. The quantitative estimate of drug-likeness (QED) is 0.394. The number of ketones is 1. The third-order valence-corrected chi connectivity index (χ3v) is 6.57.